The molecule has 1 aliphatic rings. The highest BCUT2D eigenvalue weighted by Gasteiger charge is 2.25. The number of rotatable bonds is 11. The normalized spacial score (nSPS) is 13.3. The lowest BCUT2D eigenvalue weighted by molar-refractivity contribution is -0.139. The summed E-state index contributed by atoms with van der Waals surface area (Å²) in [6.45, 7) is 6.13. The summed E-state index contributed by atoms with van der Waals surface area (Å²) in [5.74, 6) is 1.35. The Labute approximate surface area is 190 Å². The van der Waals surface area contributed by atoms with E-state index < -0.39 is 6.04 Å². The van der Waals surface area contributed by atoms with Gasteiger partial charge in [-0.3, -0.25) is 9.59 Å². The Hall–Kier alpha value is -3.02. The van der Waals surface area contributed by atoms with Crippen LogP contribution in [-0.2, 0) is 22.4 Å². The van der Waals surface area contributed by atoms with Crippen molar-refractivity contribution in [3.8, 4) is 11.5 Å². The van der Waals surface area contributed by atoms with E-state index in [9.17, 15) is 9.59 Å². The maximum Gasteiger partial charge on any atom is 0.242 e. The number of hydrogen-bond donors (Lipinski definition) is 1. The van der Waals surface area contributed by atoms with Gasteiger partial charge in [0.2, 0.25) is 11.8 Å². The number of aryl methyl sites for hydroxylation is 1. The molecule has 3 rings (SSSR count). The van der Waals surface area contributed by atoms with Gasteiger partial charge in [-0.25, -0.2) is 0 Å². The first-order valence-electron chi connectivity index (χ1n) is 11.6. The fraction of sp³-hybridized carbons (Fsp3) is 0.462. The first kappa shape index (κ1) is 23.6. The summed E-state index contributed by atoms with van der Waals surface area (Å²) in [4.78, 5) is 27.6. The van der Waals surface area contributed by atoms with Crippen molar-refractivity contribution in [3.05, 3.63) is 59.7 Å². The molecule has 0 radical (unpaired) electrons. The molecule has 0 unspecified atom stereocenters. The van der Waals surface area contributed by atoms with Crippen LogP contribution < -0.4 is 14.8 Å². The molecule has 172 valence electrons. The molecule has 0 aliphatic carbocycles. The van der Waals surface area contributed by atoms with Crippen LogP contribution in [0.15, 0.2) is 48.5 Å². The van der Waals surface area contributed by atoms with Gasteiger partial charge in [-0.1, -0.05) is 49.7 Å². The van der Waals surface area contributed by atoms with Gasteiger partial charge in [0.25, 0.3) is 0 Å². The lowest BCUT2D eigenvalue weighted by atomic mass is 10.1. The number of amides is 2. The highest BCUT2D eigenvalue weighted by Crippen LogP contribution is 2.31. The summed E-state index contributed by atoms with van der Waals surface area (Å²) in [7, 11) is 0. The fourth-order valence-corrected chi connectivity index (χ4v) is 3.74. The maximum absolute atomic E-state index is 13.2. The first-order chi connectivity index (χ1) is 15.6. The second-order valence-electron chi connectivity index (χ2n) is 8.12. The second kappa shape index (κ2) is 12.1. The third kappa shape index (κ3) is 6.74. The highest BCUT2D eigenvalue weighted by molar-refractivity contribution is 5.87. The van der Waals surface area contributed by atoms with Crippen LogP contribution in [0.2, 0.25) is 0 Å². The van der Waals surface area contributed by atoms with Gasteiger partial charge < -0.3 is 19.7 Å². The van der Waals surface area contributed by atoms with E-state index in [0.29, 0.717) is 45.6 Å². The predicted molar refractivity (Wildman–Crippen MR) is 125 cm³/mol. The number of fused-ring (bicyclic) bond motifs is 1. The van der Waals surface area contributed by atoms with Gasteiger partial charge in [-0.05, 0) is 49.4 Å². The van der Waals surface area contributed by atoms with Crippen LogP contribution in [-0.4, -0.2) is 49.1 Å². The van der Waals surface area contributed by atoms with Crippen molar-refractivity contribution < 1.29 is 19.1 Å². The van der Waals surface area contributed by atoms with Crippen molar-refractivity contribution in [3.63, 3.8) is 0 Å². The smallest absolute Gasteiger partial charge is 0.242 e. The zero-order valence-electron chi connectivity index (χ0n) is 19.1. The van der Waals surface area contributed by atoms with Gasteiger partial charge in [0.15, 0.2) is 11.5 Å². The van der Waals surface area contributed by atoms with Crippen molar-refractivity contribution in [1.82, 2.24) is 10.2 Å². The Balaban J connectivity index is 1.63. The molecule has 2 aromatic carbocycles. The number of carbonyl (C=O) groups is 2. The molecule has 1 N–H and O–H groups in total. The third-order valence-electron chi connectivity index (χ3n) is 5.72. The van der Waals surface area contributed by atoms with Crippen LogP contribution in [0.4, 0.5) is 0 Å². The second-order valence-corrected chi connectivity index (χ2v) is 8.12. The third-order valence-corrected chi connectivity index (χ3v) is 5.72. The van der Waals surface area contributed by atoms with Crippen molar-refractivity contribution in [2.24, 2.45) is 0 Å². The zero-order valence-corrected chi connectivity index (χ0v) is 19.1. The number of carbonyl (C=O) groups excluding carboxylic acids is 2. The fourth-order valence-electron chi connectivity index (χ4n) is 3.74. The number of hydrogen-bond acceptors (Lipinski definition) is 4. The van der Waals surface area contributed by atoms with Crippen LogP contribution in [0.3, 0.4) is 0 Å². The number of benzene rings is 2. The van der Waals surface area contributed by atoms with E-state index in [4.69, 9.17) is 9.47 Å². The molecule has 1 aliphatic heterocycles. The van der Waals surface area contributed by atoms with Crippen molar-refractivity contribution in [2.75, 3.05) is 26.3 Å². The van der Waals surface area contributed by atoms with Gasteiger partial charge in [-0.15, -0.1) is 0 Å². The molecule has 0 spiro atoms. The number of ether oxygens (including phenoxy) is 2. The van der Waals surface area contributed by atoms with Crippen LogP contribution in [0.5, 0.6) is 11.5 Å². The zero-order chi connectivity index (χ0) is 22.8. The van der Waals surface area contributed by atoms with E-state index in [2.05, 4.69) is 12.2 Å². The van der Waals surface area contributed by atoms with E-state index in [1.54, 1.807) is 4.90 Å². The minimum absolute atomic E-state index is 0.0195. The van der Waals surface area contributed by atoms with E-state index in [1.165, 1.54) is 0 Å². The Kier molecular flexibility index (Phi) is 8.96. The SMILES string of the molecule is CCCCNC(=O)[C@@H](C)N(CCc1ccccc1)C(=O)CCc1ccc2c(c1)OCCO2. The first-order valence-corrected chi connectivity index (χ1v) is 11.6. The monoisotopic (exact) mass is 438 g/mol. The summed E-state index contributed by atoms with van der Waals surface area (Å²) in [6, 6.07) is 15.3. The molecule has 1 atom stereocenters. The standard InChI is InChI=1S/C26H34N2O4/c1-3-4-15-27-26(30)20(2)28(16-14-21-8-6-5-7-9-21)25(29)13-11-22-10-12-23-24(19-22)32-18-17-31-23/h5-10,12,19-20H,3-4,11,13-18H2,1-2H3,(H,27,30)/t20-/m1/s1. The van der Waals surface area contributed by atoms with Gasteiger partial charge in [0.05, 0.1) is 0 Å². The summed E-state index contributed by atoms with van der Waals surface area (Å²) >= 11 is 0. The van der Waals surface area contributed by atoms with E-state index in [1.807, 2.05) is 55.5 Å². The maximum atomic E-state index is 13.2. The molecule has 6 heteroatoms. The number of unbranched alkanes of at least 4 members (excludes halogenated alkanes) is 1. The molecule has 0 saturated heterocycles. The lowest BCUT2D eigenvalue weighted by Crippen LogP contribution is -2.49. The van der Waals surface area contributed by atoms with Crippen LogP contribution in [0.1, 0.15) is 44.2 Å². The molecular weight excluding hydrogens is 404 g/mol. The van der Waals surface area contributed by atoms with E-state index in [-0.39, 0.29) is 11.8 Å². The Morgan fingerprint density at radius 2 is 1.75 bits per heavy atom. The number of nitrogens with one attached hydrogen (secondary N) is 1. The summed E-state index contributed by atoms with van der Waals surface area (Å²) in [5, 5.41) is 2.96. The highest BCUT2D eigenvalue weighted by atomic mass is 16.6. The Morgan fingerprint density at radius 3 is 2.50 bits per heavy atom. The largest absolute Gasteiger partial charge is 0.486 e. The average Bonchev–Trinajstić information content (AvgIpc) is 2.83. The molecule has 32 heavy (non-hydrogen) atoms. The molecule has 0 aromatic heterocycles. The van der Waals surface area contributed by atoms with Crippen LogP contribution in [0, 0.1) is 0 Å². The lowest BCUT2D eigenvalue weighted by Gasteiger charge is -2.29. The Morgan fingerprint density at radius 1 is 1.00 bits per heavy atom. The molecule has 0 saturated carbocycles. The van der Waals surface area contributed by atoms with Crippen molar-refractivity contribution >= 4 is 11.8 Å². The van der Waals surface area contributed by atoms with E-state index in [0.717, 1.165) is 35.5 Å². The topological polar surface area (TPSA) is 67.9 Å². The van der Waals surface area contributed by atoms with Crippen molar-refractivity contribution in [2.45, 2.75) is 52.0 Å². The van der Waals surface area contributed by atoms with Gasteiger partial charge >= 0.3 is 0 Å². The minimum atomic E-state index is -0.511. The van der Waals surface area contributed by atoms with Gasteiger partial charge in [-0.2, -0.15) is 0 Å². The molecule has 2 aromatic rings. The molecule has 1 heterocycles. The minimum Gasteiger partial charge on any atom is -0.486 e. The Bertz CT molecular complexity index is 885. The molecule has 0 bridgehead atoms. The van der Waals surface area contributed by atoms with Crippen molar-refractivity contribution in [1.29, 1.82) is 0 Å². The number of nitrogens with zero attached hydrogens (tertiary/aromatic N) is 1. The van der Waals surface area contributed by atoms with Gasteiger partial charge in [0, 0.05) is 19.5 Å². The van der Waals surface area contributed by atoms with Crippen LogP contribution >= 0.6 is 0 Å². The predicted octanol–water partition coefficient (Wildman–Crippen LogP) is 3.77. The average molecular weight is 439 g/mol. The van der Waals surface area contributed by atoms with Gasteiger partial charge in [0.1, 0.15) is 19.3 Å². The molecule has 2 amide bonds. The summed E-state index contributed by atoms with van der Waals surface area (Å²) < 4.78 is 11.2. The molecule has 6 nitrogen and oxygen atoms in total. The molecular formula is C26H34N2O4. The van der Waals surface area contributed by atoms with Crippen LogP contribution in [0.25, 0.3) is 0 Å². The molecule has 0 fully saturated rings. The quantitative estimate of drug-likeness (QED) is 0.543. The summed E-state index contributed by atoms with van der Waals surface area (Å²) in [5.41, 5.74) is 2.17. The van der Waals surface area contributed by atoms with E-state index >= 15 is 0 Å². The summed E-state index contributed by atoms with van der Waals surface area (Å²) in [6.07, 6.45) is 3.58.